The highest BCUT2D eigenvalue weighted by molar-refractivity contribution is 7.15. The minimum Gasteiger partial charge on any atom is -0.469 e. The second kappa shape index (κ2) is 10.7. The Morgan fingerprint density at radius 3 is 2.17 bits per heavy atom. The molecule has 1 heterocycles. The lowest BCUT2D eigenvalue weighted by molar-refractivity contribution is -0.151. The molecule has 35 heavy (non-hydrogen) atoms. The Morgan fingerprint density at radius 2 is 1.51 bits per heavy atom. The molecule has 0 radical (unpaired) electrons. The van der Waals surface area contributed by atoms with Crippen LogP contribution in [0.15, 0.2) is 85.1 Å². The molecule has 0 saturated carbocycles. The Kier molecular flexibility index (Phi) is 7.42. The number of hydrogen-bond donors (Lipinski definition) is 1. The van der Waals surface area contributed by atoms with Gasteiger partial charge in [0.1, 0.15) is 0 Å². The lowest BCUT2D eigenvalue weighted by atomic mass is 9.88. The van der Waals surface area contributed by atoms with Crippen molar-refractivity contribution < 1.29 is 14.3 Å². The number of nitrogens with zero attached hydrogens (tertiary/aromatic N) is 1. The van der Waals surface area contributed by atoms with E-state index in [0.29, 0.717) is 18.4 Å². The zero-order valence-corrected chi connectivity index (χ0v) is 20.9. The molecule has 0 bridgehead atoms. The molecule has 0 aliphatic rings. The second-order valence-electron chi connectivity index (χ2n) is 8.97. The largest absolute Gasteiger partial charge is 0.469 e. The summed E-state index contributed by atoms with van der Waals surface area (Å²) >= 11 is 1.61. The average molecular weight is 485 g/mol. The van der Waals surface area contributed by atoms with E-state index >= 15 is 0 Å². The molecule has 5 nitrogen and oxygen atoms in total. The predicted octanol–water partition coefficient (Wildman–Crippen LogP) is 6.86. The Hall–Kier alpha value is -3.77. The molecule has 0 saturated heterocycles. The number of carbonyl (C=O) groups excluding carboxylic acids is 2. The fourth-order valence-corrected chi connectivity index (χ4v) is 4.65. The first-order chi connectivity index (χ1) is 16.9. The summed E-state index contributed by atoms with van der Waals surface area (Å²) in [5.41, 5.74) is 4.03. The third-order valence-electron chi connectivity index (χ3n) is 5.94. The van der Waals surface area contributed by atoms with Crippen LogP contribution in [0.1, 0.15) is 35.6 Å². The molecule has 4 rings (SSSR count). The van der Waals surface area contributed by atoms with Crippen molar-refractivity contribution in [1.29, 1.82) is 0 Å². The molecule has 0 unspecified atom stereocenters. The van der Waals surface area contributed by atoms with Gasteiger partial charge in [0.05, 0.1) is 22.4 Å². The van der Waals surface area contributed by atoms with Gasteiger partial charge >= 0.3 is 5.97 Å². The highest BCUT2D eigenvalue weighted by Crippen LogP contribution is 2.31. The number of amides is 1. The summed E-state index contributed by atoms with van der Waals surface area (Å²) < 4.78 is 4.88. The first-order valence-electron chi connectivity index (χ1n) is 11.5. The maximum absolute atomic E-state index is 12.7. The van der Waals surface area contributed by atoms with Crippen molar-refractivity contribution in [2.24, 2.45) is 5.41 Å². The van der Waals surface area contributed by atoms with Gasteiger partial charge in [0.2, 0.25) is 0 Å². The van der Waals surface area contributed by atoms with Crippen molar-refractivity contribution in [2.45, 2.75) is 26.7 Å². The van der Waals surface area contributed by atoms with Crippen molar-refractivity contribution >= 4 is 28.9 Å². The Labute approximate surface area is 209 Å². The first-order valence-corrected chi connectivity index (χ1v) is 12.3. The predicted molar refractivity (Wildman–Crippen MR) is 141 cm³/mol. The maximum Gasteiger partial charge on any atom is 0.311 e. The van der Waals surface area contributed by atoms with Gasteiger partial charge in [-0.1, -0.05) is 54.6 Å². The number of hydrogen-bond acceptors (Lipinski definition) is 5. The lowest BCUT2D eigenvalue weighted by Gasteiger charge is -2.20. The minimum absolute atomic E-state index is 0.148. The van der Waals surface area contributed by atoms with Gasteiger partial charge < -0.3 is 10.1 Å². The molecule has 3 aromatic carbocycles. The van der Waals surface area contributed by atoms with E-state index in [2.05, 4.69) is 10.3 Å². The van der Waals surface area contributed by atoms with E-state index in [-0.39, 0.29) is 11.9 Å². The number of methoxy groups -OCH3 is 1. The van der Waals surface area contributed by atoms with Crippen molar-refractivity contribution in [3.63, 3.8) is 0 Å². The molecule has 4 aromatic rings. The Bertz CT molecular complexity index is 1290. The van der Waals surface area contributed by atoms with Gasteiger partial charge in [-0.2, -0.15) is 0 Å². The smallest absolute Gasteiger partial charge is 0.311 e. The number of aromatic nitrogens is 1. The molecule has 0 atom stereocenters. The van der Waals surface area contributed by atoms with Gasteiger partial charge in [0.25, 0.3) is 5.91 Å². The average Bonchev–Trinajstić information content (AvgIpc) is 3.37. The summed E-state index contributed by atoms with van der Waals surface area (Å²) in [5, 5.41) is 3.94. The highest BCUT2D eigenvalue weighted by atomic mass is 32.1. The number of thiazole rings is 1. The topological polar surface area (TPSA) is 68.3 Å². The first kappa shape index (κ1) is 24.4. The maximum atomic E-state index is 12.7. The minimum atomic E-state index is -0.539. The number of aryl methyl sites for hydroxylation is 1. The Morgan fingerprint density at radius 1 is 0.886 bits per heavy atom. The van der Waals surface area contributed by atoms with Crippen LogP contribution in [0.4, 0.5) is 5.69 Å². The molecular formula is C29H28N2O3S. The number of benzene rings is 3. The fraction of sp³-hybridized carbons (Fsp3) is 0.207. The monoisotopic (exact) mass is 484 g/mol. The number of ether oxygens (including phenoxy) is 1. The second-order valence-corrected chi connectivity index (χ2v) is 10.1. The zero-order chi connectivity index (χ0) is 24.8. The van der Waals surface area contributed by atoms with Crippen molar-refractivity contribution in [3.05, 3.63) is 95.6 Å². The van der Waals surface area contributed by atoms with Crippen LogP contribution in [0.2, 0.25) is 0 Å². The van der Waals surface area contributed by atoms with E-state index in [1.807, 2.05) is 98.9 Å². The number of esters is 1. The van der Waals surface area contributed by atoms with E-state index in [1.54, 1.807) is 11.3 Å². The van der Waals surface area contributed by atoms with Crippen LogP contribution in [0.3, 0.4) is 0 Å². The van der Waals surface area contributed by atoms with E-state index in [0.717, 1.165) is 32.3 Å². The summed E-state index contributed by atoms with van der Waals surface area (Å²) in [6.07, 6.45) is 3.24. The molecule has 1 aromatic heterocycles. The fourth-order valence-electron chi connectivity index (χ4n) is 3.72. The molecule has 0 spiro atoms. The van der Waals surface area contributed by atoms with E-state index in [9.17, 15) is 9.59 Å². The lowest BCUT2D eigenvalue weighted by Crippen LogP contribution is -2.26. The van der Waals surface area contributed by atoms with Crippen LogP contribution in [-0.4, -0.2) is 24.0 Å². The third kappa shape index (κ3) is 6.03. The van der Waals surface area contributed by atoms with Gasteiger partial charge in [0, 0.05) is 23.9 Å². The summed E-state index contributed by atoms with van der Waals surface area (Å²) in [6, 6.07) is 25.4. The molecular weight excluding hydrogens is 456 g/mol. The molecule has 6 heteroatoms. The van der Waals surface area contributed by atoms with Crippen molar-refractivity contribution in [1.82, 2.24) is 4.98 Å². The van der Waals surface area contributed by atoms with Gasteiger partial charge in [-0.3, -0.25) is 9.59 Å². The third-order valence-corrected chi connectivity index (χ3v) is 7.04. The number of carbonyl (C=O) groups is 2. The number of anilines is 1. The van der Waals surface area contributed by atoms with E-state index < -0.39 is 5.41 Å². The molecule has 1 N–H and O–H groups in total. The summed E-state index contributed by atoms with van der Waals surface area (Å²) in [7, 11) is 1.42. The number of rotatable bonds is 8. The van der Waals surface area contributed by atoms with Gasteiger partial charge in [-0.25, -0.2) is 4.98 Å². The van der Waals surface area contributed by atoms with Crippen LogP contribution in [-0.2, 0) is 16.0 Å². The normalized spacial score (nSPS) is 11.2. The summed E-state index contributed by atoms with van der Waals surface area (Å²) in [4.78, 5) is 30.1. The highest BCUT2D eigenvalue weighted by Gasteiger charge is 2.28. The van der Waals surface area contributed by atoms with Gasteiger partial charge in [-0.05, 0) is 61.2 Å². The van der Waals surface area contributed by atoms with Crippen molar-refractivity contribution in [3.8, 4) is 21.6 Å². The Balaban J connectivity index is 1.36. The molecule has 0 fully saturated rings. The van der Waals surface area contributed by atoms with Gasteiger partial charge in [0.15, 0.2) is 0 Å². The quantitative estimate of drug-likeness (QED) is 0.277. The zero-order valence-electron chi connectivity index (χ0n) is 20.1. The molecule has 0 aliphatic carbocycles. The van der Waals surface area contributed by atoms with Crippen LogP contribution in [0, 0.1) is 5.41 Å². The van der Waals surface area contributed by atoms with E-state index in [4.69, 9.17) is 4.74 Å². The van der Waals surface area contributed by atoms with Crippen LogP contribution in [0.25, 0.3) is 21.6 Å². The summed E-state index contributed by atoms with van der Waals surface area (Å²) in [6.45, 7) is 3.77. The van der Waals surface area contributed by atoms with Crippen molar-refractivity contribution in [2.75, 3.05) is 12.4 Å². The number of nitrogens with one attached hydrogen (secondary N) is 1. The van der Waals surface area contributed by atoms with Crippen LogP contribution < -0.4 is 5.32 Å². The molecule has 178 valence electrons. The van der Waals surface area contributed by atoms with E-state index in [1.165, 1.54) is 7.11 Å². The molecule has 1 amide bonds. The van der Waals surface area contributed by atoms with Crippen LogP contribution in [0.5, 0.6) is 0 Å². The SMILES string of the molecule is COC(=O)C(C)(C)CCc1ncc(-c2ccc(NC(=O)c3ccc(-c4ccccc4)cc3)cc2)s1. The van der Waals surface area contributed by atoms with Gasteiger partial charge in [-0.15, -0.1) is 11.3 Å². The standard InChI is InChI=1S/C29H28N2O3S/c1-29(2,28(33)34-3)18-17-26-30-19-25(35-26)22-13-15-24(16-14-22)31-27(32)23-11-9-21(10-12-23)20-7-5-4-6-8-20/h4-16,19H,17-18H2,1-3H3,(H,31,32). The molecule has 0 aliphatic heterocycles. The summed E-state index contributed by atoms with van der Waals surface area (Å²) in [5.74, 6) is -0.357. The van der Waals surface area contributed by atoms with Crippen LogP contribution >= 0.6 is 11.3 Å².